The van der Waals surface area contributed by atoms with E-state index in [0.717, 1.165) is 18.7 Å². The van der Waals surface area contributed by atoms with Crippen LogP contribution in [0.1, 0.15) is 12.8 Å². The van der Waals surface area contributed by atoms with Crippen LogP contribution in [0.5, 0.6) is 0 Å². The molecule has 1 heterocycles. The molecule has 1 fully saturated rings. The molecule has 67 valence electrons. The Kier molecular flexibility index (Phi) is 2.23. The first-order chi connectivity index (χ1) is 6.27. The summed E-state index contributed by atoms with van der Waals surface area (Å²) in [6.45, 7) is 0.803. The molecule has 0 N–H and O–H groups in total. The molecule has 1 aromatic rings. The lowest BCUT2D eigenvalue weighted by Gasteiger charge is -2.14. The van der Waals surface area contributed by atoms with Crippen LogP contribution in [0.2, 0.25) is 5.02 Å². The Balaban J connectivity index is 2.25. The zero-order valence-corrected chi connectivity index (χ0v) is 7.84. The Morgan fingerprint density at radius 3 is 2.85 bits per heavy atom. The van der Waals surface area contributed by atoms with Crippen LogP contribution < -0.4 is 4.90 Å². The molecule has 0 saturated carbocycles. The van der Waals surface area contributed by atoms with Crippen molar-refractivity contribution in [2.75, 3.05) is 11.4 Å². The van der Waals surface area contributed by atoms with Gasteiger partial charge in [0.2, 0.25) is 5.91 Å². The van der Waals surface area contributed by atoms with Crippen molar-refractivity contribution in [3.05, 3.63) is 29.3 Å². The molecule has 2 nitrogen and oxygen atoms in total. The van der Waals surface area contributed by atoms with Crippen molar-refractivity contribution in [2.45, 2.75) is 12.8 Å². The van der Waals surface area contributed by atoms with Crippen molar-refractivity contribution in [3.8, 4) is 0 Å². The smallest absolute Gasteiger partial charge is 0.227 e. The Morgan fingerprint density at radius 2 is 2.31 bits per heavy atom. The Bertz CT molecular complexity index is 320. The van der Waals surface area contributed by atoms with Gasteiger partial charge < -0.3 is 4.90 Å². The van der Waals surface area contributed by atoms with E-state index in [1.165, 1.54) is 0 Å². The summed E-state index contributed by atoms with van der Waals surface area (Å²) in [6, 6.07) is 8.27. The van der Waals surface area contributed by atoms with Crippen molar-refractivity contribution in [3.63, 3.8) is 0 Å². The van der Waals surface area contributed by atoms with E-state index in [9.17, 15) is 4.79 Å². The molecule has 13 heavy (non-hydrogen) atoms. The Hall–Kier alpha value is -1.02. The molecule has 1 saturated heterocycles. The first-order valence-electron chi connectivity index (χ1n) is 4.25. The molecule has 1 amide bonds. The molecule has 1 aromatic carbocycles. The average molecular weight is 195 g/mol. The van der Waals surface area contributed by atoms with Crippen LogP contribution in [-0.2, 0) is 4.79 Å². The summed E-state index contributed by atoms with van der Waals surface area (Å²) in [7, 11) is 0. The number of hydrogen-bond donors (Lipinski definition) is 0. The lowest BCUT2D eigenvalue weighted by Crippen LogP contribution is -2.23. The second-order valence-corrected chi connectivity index (χ2v) is 3.48. The summed E-state index contributed by atoms with van der Waals surface area (Å²) in [5.74, 6) is 0.179. The highest BCUT2D eigenvalue weighted by molar-refractivity contribution is 6.30. The lowest BCUT2D eigenvalue weighted by molar-refractivity contribution is -0.117. The quantitative estimate of drug-likeness (QED) is 0.672. The number of anilines is 1. The number of amides is 1. The molecular weight excluding hydrogens is 186 g/mol. The number of hydrogen-bond acceptors (Lipinski definition) is 1. The molecule has 1 radical (unpaired) electrons. The van der Waals surface area contributed by atoms with E-state index in [4.69, 9.17) is 11.6 Å². The van der Waals surface area contributed by atoms with Gasteiger partial charge in [0.1, 0.15) is 0 Å². The normalized spacial score (nSPS) is 16.7. The van der Waals surface area contributed by atoms with Gasteiger partial charge in [0.05, 0.1) is 5.69 Å². The minimum atomic E-state index is 0.179. The van der Waals surface area contributed by atoms with Crippen molar-refractivity contribution >= 4 is 23.2 Å². The fourth-order valence-electron chi connectivity index (χ4n) is 1.47. The van der Waals surface area contributed by atoms with Gasteiger partial charge in [-0.05, 0) is 24.6 Å². The second kappa shape index (κ2) is 3.38. The summed E-state index contributed by atoms with van der Waals surface area (Å²) in [4.78, 5) is 13.1. The first-order valence-corrected chi connectivity index (χ1v) is 4.63. The molecule has 1 aliphatic heterocycles. The van der Waals surface area contributed by atoms with Gasteiger partial charge in [0.15, 0.2) is 0 Å². The third-order valence-corrected chi connectivity index (χ3v) is 2.36. The second-order valence-electron chi connectivity index (χ2n) is 3.04. The van der Waals surface area contributed by atoms with Crippen molar-refractivity contribution in [1.82, 2.24) is 0 Å². The van der Waals surface area contributed by atoms with Gasteiger partial charge in [-0.2, -0.15) is 0 Å². The zero-order chi connectivity index (χ0) is 9.26. The molecule has 1 aliphatic rings. The monoisotopic (exact) mass is 194 g/mol. The van der Waals surface area contributed by atoms with Gasteiger partial charge in [-0.1, -0.05) is 11.6 Å². The van der Waals surface area contributed by atoms with Crippen LogP contribution in [0.4, 0.5) is 5.69 Å². The maximum atomic E-state index is 11.3. The summed E-state index contributed by atoms with van der Waals surface area (Å²) < 4.78 is 0. The van der Waals surface area contributed by atoms with Gasteiger partial charge in [-0.25, -0.2) is 0 Å². The predicted molar refractivity (Wildman–Crippen MR) is 51.9 cm³/mol. The Morgan fingerprint density at radius 1 is 1.46 bits per heavy atom. The number of rotatable bonds is 1. The highest BCUT2D eigenvalue weighted by atomic mass is 35.5. The van der Waals surface area contributed by atoms with Crippen LogP contribution in [0.15, 0.2) is 18.2 Å². The maximum Gasteiger partial charge on any atom is 0.227 e. The van der Waals surface area contributed by atoms with Crippen molar-refractivity contribution < 1.29 is 4.79 Å². The van der Waals surface area contributed by atoms with E-state index in [0.29, 0.717) is 11.4 Å². The van der Waals surface area contributed by atoms with E-state index in [-0.39, 0.29) is 5.91 Å². The summed E-state index contributed by atoms with van der Waals surface area (Å²) >= 11 is 5.72. The SMILES string of the molecule is O=C1CCCN1c1[c]cc(Cl)cc1. The highest BCUT2D eigenvalue weighted by Crippen LogP contribution is 2.22. The number of halogens is 1. The van der Waals surface area contributed by atoms with Crippen LogP contribution in [0.3, 0.4) is 0 Å². The molecule has 0 bridgehead atoms. The minimum Gasteiger partial charge on any atom is -0.312 e. The van der Waals surface area contributed by atoms with Crippen LogP contribution in [-0.4, -0.2) is 12.5 Å². The number of nitrogens with zero attached hydrogens (tertiary/aromatic N) is 1. The van der Waals surface area contributed by atoms with E-state index in [2.05, 4.69) is 6.07 Å². The van der Waals surface area contributed by atoms with Gasteiger partial charge in [0, 0.05) is 24.1 Å². The summed E-state index contributed by atoms with van der Waals surface area (Å²) in [5, 5.41) is 0.649. The van der Waals surface area contributed by atoms with Crippen LogP contribution in [0, 0.1) is 6.07 Å². The molecule has 0 spiro atoms. The van der Waals surface area contributed by atoms with Crippen molar-refractivity contribution in [2.24, 2.45) is 0 Å². The van der Waals surface area contributed by atoms with Crippen LogP contribution in [0.25, 0.3) is 0 Å². The third-order valence-electron chi connectivity index (χ3n) is 2.12. The van der Waals surface area contributed by atoms with E-state index < -0.39 is 0 Å². The largest absolute Gasteiger partial charge is 0.312 e. The number of benzene rings is 1. The molecule has 0 aliphatic carbocycles. The molecular formula is C10H9ClNO. The summed E-state index contributed by atoms with van der Waals surface area (Å²) in [5.41, 5.74) is 0.826. The van der Waals surface area contributed by atoms with E-state index in [1.54, 1.807) is 17.0 Å². The highest BCUT2D eigenvalue weighted by Gasteiger charge is 2.21. The number of carbonyl (C=O) groups excluding carboxylic acids is 1. The van der Waals surface area contributed by atoms with Crippen molar-refractivity contribution in [1.29, 1.82) is 0 Å². The molecule has 3 heteroatoms. The maximum absolute atomic E-state index is 11.3. The molecule has 0 unspecified atom stereocenters. The molecule has 0 atom stereocenters. The first kappa shape index (κ1) is 8.57. The van der Waals surface area contributed by atoms with Gasteiger partial charge in [-0.15, -0.1) is 0 Å². The summed E-state index contributed by atoms with van der Waals surface area (Å²) in [6.07, 6.45) is 1.59. The van der Waals surface area contributed by atoms with Gasteiger partial charge in [0.25, 0.3) is 0 Å². The average Bonchev–Trinajstić information content (AvgIpc) is 2.53. The Labute approximate surface area is 82.1 Å². The lowest BCUT2D eigenvalue weighted by atomic mass is 10.3. The third kappa shape index (κ3) is 1.68. The van der Waals surface area contributed by atoms with E-state index in [1.807, 2.05) is 6.07 Å². The predicted octanol–water partition coefficient (Wildman–Crippen LogP) is 2.27. The van der Waals surface area contributed by atoms with Gasteiger partial charge >= 0.3 is 0 Å². The fraction of sp³-hybridized carbons (Fsp3) is 0.300. The van der Waals surface area contributed by atoms with Crippen LogP contribution >= 0.6 is 11.6 Å². The van der Waals surface area contributed by atoms with E-state index >= 15 is 0 Å². The fourth-order valence-corrected chi connectivity index (χ4v) is 1.59. The zero-order valence-electron chi connectivity index (χ0n) is 7.09. The topological polar surface area (TPSA) is 20.3 Å². The molecule has 2 rings (SSSR count). The minimum absolute atomic E-state index is 0.179. The molecule has 0 aromatic heterocycles. The standard InChI is InChI=1S/C10H9ClNO/c11-8-3-5-9(6-4-8)12-7-1-2-10(12)13/h3-5H,1-2,7H2. The van der Waals surface area contributed by atoms with Gasteiger partial charge in [-0.3, -0.25) is 4.79 Å². The number of carbonyl (C=O) groups is 1.